The van der Waals surface area contributed by atoms with Crippen molar-refractivity contribution in [1.82, 2.24) is 15.0 Å². The van der Waals surface area contributed by atoms with Crippen LogP contribution in [-0.2, 0) is 6.54 Å². The lowest BCUT2D eigenvalue weighted by atomic mass is 10.3. The summed E-state index contributed by atoms with van der Waals surface area (Å²) in [5, 5.41) is 3.10. The highest BCUT2D eigenvalue weighted by Crippen LogP contribution is 2.24. The molecule has 0 aliphatic carbocycles. The Balaban J connectivity index is 2.05. The molecule has 3 N–H and O–H groups in total. The Morgan fingerprint density at radius 2 is 2.00 bits per heavy atom. The second kappa shape index (κ2) is 5.85. The smallest absolute Gasteiger partial charge is 0.242 e. The Bertz CT molecular complexity index is 544. The van der Waals surface area contributed by atoms with Crippen molar-refractivity contribution >= 4 is 11.5 Å². The van der Waals surface area contributed by atoms with Crippen molar-refractivity contribution < 1.29 is 9.47 Å². The van der Waals surface area contributed by atoms with Gasteiger partial charge in [-0.3, -0.25) is 0 Å². The molecular formula is C12H15N5O2. The predicted molar refractivity (Wildman–Crippen MR) is 71.1 cm³/mol. The number of ether oxygens (including phenoxy) is 2. The first kappa shape index (κ1) is 12.9. The topological polar surface area (TPSA) is 95.2 Å². The third kappa shape index (κ3) is 3.01. The minimum absolute atomic E-state index is 0.352. The van der Waals surface area contributed by atoms with Crippen LogP contribution in [0.3, 0.4) is 0 Å². The van der Waals surface area contributed by atoms with Crippen LogP contribution in [0.25, 0.3) is 0 Å². The molecule has 0 aromatic carbocycles. The molecule has 0 spiro atoms. The average Bonchev–Trinajstić information content (AvgIpc) is 2.47. The van der Waals surface area contributed by atoms with Gasteiger partial charge in [-0.05, 0) is 5.56 Å². The van der Waals surface area contributed by atoms with Crippen molar-refractivity contribution in [2.24, 2.45) is 0 Å². The number of methoxy groups -OCH3 is 2. The van der Waals surface area contributed by atoms with Crippen LogP contribution in [0.1, 0.15) is 5.56 Å². The fraction of sp³-hybridized carbons (Fsp3) is 0.250. The maximum absolute atomic E-state index is 5.86. The van der Waals surface area contributed by atoms with Crippen LogP contribution in [0.2, 0.25) is 0 Å². The normalized spacial score (nSPS) is 10.0. The Hall–Kier alpha value is -2.57. The van der Waals surface area contributed by atoms with E-state index in [2.05, 4.69) is 20.3 Å². The van der Waals surface area contributed by atoms with Crippen LogP contribution in [0.15, 0.2) is 24.7 Å². The lowest BCUT2D eigenvalue weighted by Crippen LogP contribution is -2.07. The van der Waals surface area contributed by atoms with Crippen molar-refractivity contribution in [3.63, 3.8) is 0 Å². The van der Waals surface area contributed by atoms with Gasteiger partial charge in [-0.2, -0.15) is 4.98 Å². The van der Waals surface area contributed by atoms with Gasteiger partial charge in [0.15, 0.2) is 5.82 Å². The molecule has 0 aliphatic rings. The van der Waals surface area contributed by atoms with Gasteiger partial charge in [0.05, 0.1) is 14.2 Å². The first-order chi connectivity index (χ1) is 9.24. The standard InChI is InChI=1S/C12H15N5O2/c1-18-9-4-3-8(5-14-9)6-15-11-10(13)12(19-2)17-7-16-11/h3-5,7H,6,13H2,1-2H3,(H,15,16,17). The van der Waals surface area contributed by atoms with Gasteiger partial charge in [0, 0.05) is 18.8 Å². The van der Waals surface area contributed by atoms with Gasteiger partial charge in [0.2, 0.25) is 11.8 Å². The number of rotatable bonds is 5. The van der Waals surface area contributed by atoms with Crippen LogP contribution in [0, 0.1) is 0 Å². The fourth-order valence-electron chi connectivity index (χ4n) is 1.50. The molecule has 0 radical (unpaired) electrons. The molecule has 0 atom stereocenters. The van der Waals surface area contributed by atoms with E-state index in [9.17, 15) is 0 Å². The minimum Gasteiger partial charge on any atom is -0.481 e. The second-order valence-corrected chi connectivity index (χ2v) is 3.71. The van der Waals surface area contributed by atoms with E-state index in [1.165, 1.54) is 13.4 Å². The van der Waals surface area contributed by atoms with Gasteiger partial charge in [0.1, 0.15) is 12.0 Å². The number of aromatic nitrogens is 3. The van der Waals surface area contributed by atoms with E-state index in [0.29, 0.717) is 29.8 Å². The Labute approximate surface area is 110 Å². The van der Waals surface area contributed by atoms with Crippen LogP contribution in [-0.4, -0.2) is 29.2 Å². The van der Waals surface area contributed by atoms with Crippen LogP contribution < -0.4 is 20.5 Å². The average molecular weight is 261 g/mol. The molecule has 0 aliphatic heterocycles. The third-order valence-electron chi connectivity index (χ3n) is 2.51. The highest BCUT2D eigenvalue weighted by molar-refractivity contribution is 5.66. The molecule has 0 bridgehead atoms. The summed E-state index contributed by atoms with van der Waals surface area (Å²) >= 11 is 0. The van der Waals surface area contributed by atoms with Gasteiger partial charge in [-0.25, -0.2) is 9.97 Å². The van der Waals surface area contributed by atoms with Crippen molar-refractivity contribution in [3.8, 4) is 11.8 Å². The SMILES string of the molecule is COc1ccc(CNc2ncnc(OC)c2N)cn1. The number of anilines is 2. The summed E-state index contributed by atoms with van der Waals surface area (Å²) in [6.45, 7) is 0.543. The first-order valence-electron chi connectivity index (χ1n) is 5.62. The van der Waals surface area contributed by atoms with E-state index in [0.717, 1.165) is 5.56 Å². The number of nitrogens with one attached hydrogen (secondary N) is 1. The molecule has 100 valence electrons. The molecule has 2 rings (SSSR count). The summed E-state index contributed by atoms with van der Waals surface area (Å²) < 4.78 is 10.0. The first-order valence-corrected chi connectivity index (χ1v) is 5.62. The Morgan fingerprint density at radius 3 is 2.63 bits per heavy atom. The zero-order valence-corrected chi connectivity index (χ0v) is 10.8. The molecule has 0 unspecified atom stereocenters. The maximum Gasteiger partial charge on any atom is 0.242 e. The van der Waals surface area contributed by atoms with Crippen molar-refractivity contribution in [2.45, 2.75) is 6.54 Å². The van der Waals surface area contributed by atoms with Gasteiger partial charge < -0.3 is 20.5 Å². The molecule has 19 heavy (non-hydrogen) atoms. The highest BCUT2D eigenvalue weighted by atomic mass is 16.5. The van der Waals surface area contributed by atoms with Gasteiger partial charge in [-0.1, -0.05) is 6.07 Å². The summed E-state index contributed by atoms with van der Waals surface area (Å²) in [6.07, 6.45) is 3.12. The summed E-state index contributed by atoms with van der Waals surface area (Å²) in [5.74, 6) is 1.46. The molecule has 2 aromatic heterocycles. The van der Waals surface area contributed by atoms with Crippen molar-refractivity contribution in [3.05, 3.63) is 30.2 Å². The van der Waals surface area contributed by atoms with Crippen molar-refractivity contribution in [2.75, 3.05) is 25.3 Å². The zero-order valence-electron chi connectivity index (χ0n) is 10.8. The summed E-state index contributed by atoms with van der Waals surface area (Å²) in [7, 11) is 3.09. The minimum atomic E-state index is 0.352. The maximum atomic E-state index is 5.86. The van der Waals surface area contributed by atoms with Gasteiger partial charge >= 0.3 is 0 Å². The summed E-state index contributed by atoms with van der Waals surface area (Å²) in [5.41, 5.74) is 7.22. The molecule has 7 nitrogen and oxygen atoms in total. The van der Waals surface area contributed by atoms with E-state index in [4.69, 9.17) is 15.2 Å². The Morgan fingerprint density at radius 1 is 1.16 bits per heavy atom. The molecule has 7 heteroatoms. The number of nitrogens with two attached hydrogens (primary N) is 1. The Kier molecular flexibility index (Phi) is 3.97. The number of hydrogen-bond acceptors (Lipinski definition) is 7. The zero-order chi connectivity index (χ0) is 13.7. The molecular weight excluding hydrogens is 246 g/mol. The molecule has 0 amide bonds. The second-order valence-electron chi connectivity index (χ2n) is 3.71. The summed E-state index contributed by atoms with van der Waals surface area (Å²) in [4.78, 5) is 12.1. The van der Waals surface area contributed by atoms with Gasteiger partial charge in [-0.15, -0.1) is 0 Å². The van der Waals surface area contributed by atoms with Crippen molar-refractivity contribution in [1.29, 1.82) is 0 Å². The molecule has 2 aromatic rings. The number of pyridine rings is 1. The van der Waals surface area contributed by atoms with E-state index in [1.807, 2.05) is 6.07 Å². The third-order valence-corrected chi connectivity index (χ3v) is 2.51. The van der Waals surface area contributed by atoms with E-state index >= 15 is 0 Å². The lowest BCUT2D eigenvalue weighted by Gasteiger charge is -2.10. The predicted octanol–water partition coefficient (Wildman–Crippen LogP) is 1.08. The highest BCUT2D eigenvalue weighted by Gasteiger charge is 2.07. The molecule has 0 saturated heterocycles. The largest absolute Gasteiger partial charge is 0.481 e. The molecule has 0 fully saturated rings. The van der Waals surface area contributed by atoms with E-state index < -0.39 is 0 Å². The van der Waals surface area contributed by atoms with E-state index in [-0.39, 0.29) is 0 Å². The fourth-order valence-corrected chi connectivity index (χ4v) is 1.50. The van der Waals surface area contributed by atoms with Crippen LogP contribution in [0.4, 0.5) is 11.5 Å². The monoisotopic (exact) mass is 261 g/mol. The molecule has 2 heterocycles. The van der Waals surface area contributed by atoms with Crippen LogP contribution in [0.5, 0.6) is 11.8 Å². The summed E-state index contributed by atoms with van der Waals surface area (Å²) in [6, 6.07) is 3.70. The quantitative estimate of drug-likeness (QED) is 0.831. The number of nitrogens with zero attached hydrogens (tertiary/aromatic N) is 3. The lowest BCUT2D eigenvalue weighted by molar-refractivity contribution is 0.397. The van der Waals surface area contributed by atoms with Crippen LogP contribution >= 0.6 is 0 Å². The molecule has 0 saturated carbocycles. The number of hydrogen-bond donors (Lipinski definition) is 2. The number of nitrogen functional groups attached to an aromatic ring is 1. The van der Waals surface area contributed by atoms with E-state index in [1.54, 1.807) is 19.4 Å². The van der Waals surface area contributed by atoms with Gasteiger partial charge in [0.25, 0.3) is 0 Å².